The number of fused-ring (bicyclic) bond motifs is 6. The van der Waals surface area contributed by atoms with Crippen molar-refractivity contribution in [3.05, 3.63) is 149 Å². The zero-order valence-corrected chi connectivity index (χ0v) is 29.3. The number of aromatic nitrogens is 2. The molecule has 0 fully saturated rings. The molecule has 0 saturated carbocycles. The summed E-state index contributed by atoms with van der Waals surface area (Å²) in [6.07, 6.45) is 0. The van der Waals surface area contributed by atoms with E-state index >= 15 is 0 Å². The highest BCUT2D eigenvalue weighted by molar-refractivity contribution is 6.19. The van der Waals surface area contributed by atoms with E-state index in [-0.39, 0.29) is 10.8 Å². The zero-order valence-electron chi connectivity index (χ0n) is 29.3. The van der Waals surface area contributed by atoms with Gasteiger partial charge in [-0.25, -0.2) is 4.85 Å². The minimum Gasteiger partial charge on any atom is -0.309 e. The molecule has 0 aliphatic heterocycles. The molecule has 0 N–H and O–H groups in total. The molecular formula is C46H38N4. The number of hydrogen-bond donors (Lipinski definition) is 0. The van der Waals surface area contributed by atoms with Gasteiger partial charge in [0, 0.05) is 38.4 Å². The molecule has 0 radical (unpaired) electrons. The van der Waals surface area contributed by atoms with Gasteiger partial charge in [0.1, 0.15) is 0 Å². The summed E-state index contributed by atoms with van der Waals surface area (Å²) in [7, 11) is 0. The van der Waals surface area contributed by atoms with E-state index in [1.807, 2.05) is 18.2 Å². The molecule has 8 rings (SSSR count). The molecule has 50 heavy (non-hydrogen) atoms. The first-order chi connectivity index (χ1) is 24.0. The summed E-state index contributed by atoms with van der Waals surface area (Å²) in [6.45, 7) is 21.3. The number of hydrogen-bond acceptors (Lipinski definition) is 1. The highest BCUT2D eigenvalue weighted by Crippen LogP contribution is 2.46. The Bertz CT molecular complexity index is 2660. The third-order valence-corrected chi connectivity index (χ3v) is 10.1. The lowest BCUT2D eigenvalue weighted by Gasteiger charge is -2.20. The van der Waals surface area contributed by atoms with Crippen molar-refractivity contribution in [2.45, 2.75) is 52.4 Å². The van der Waals surface area contributed by atoms with Gasteiger partial charge in [-0.1, -0.05) is 102 Å². The van der Waals surface area contributed by atoms with Crippen LogP contribution in [0.4, 0.5) is 5.69 Å². The third kappa shape index (κ3) is 4.80. The second kappa shape index (κ2) is 11.2. The van der Waals surface area contributed by atoms with E-state index in [0.29, 0.717) is 11.3 Å². The minimum absolute atomic E-state index is 0.0140. The Morgan fingerprint density at radius 2 is 1.16 bits per heavy atom. The number of nitriles is 1. The van der Waals surface area contributed by atoms with Gasteiger partial charge >= 0.3 is 0 Å². The Kier molecular flexibility index (Phi) is 7.00. The van der Waals surface area contributed by atoms with Gasteiger partial charge in [-0.05, 0) is 88.2 Å². The van der Waals surface area contributed by atoms with E-state index in [9.17, 15) is 5.26 Å². The quantitative estimate of drug-likeness (QED) is 0.176. The molecule has 0 atom stereocenters. The third-order valence-electron chi connectivity index (χ3n) is 10.1. The van der Waals surface area contributed by atoms with Crippen LogP contribution >= 0.6 is 0 Å². The fourth-order valence-corrected chi connectivity index (χ4v) is 7.49. The van der Waals surface area contributed by atoms with Crippen molar-refractivity contribution in [1.82, 2.24) is 9.13 Å². The smallest absolute Gasteiger partial charge is 0.188 e. The van der Waals surface area contributed by atoms with E-state index in [2.05, 4.69) is 159 Å². The van der Waals surface area contributed by atoms with E-state index in [1.165, 1.54) is 21.9 Å². The molecule has 0 saturated heterocycles. The Morgan fingerprint density at radius 1 is 0.580 bits per heavy atom. The average Bonchev–Trinajstić information content (AvgIpc) is 3.63. The highest BCUT2D eigenvalue weighted by atomic mass is 15.0. The van der Waals surface area contributed by atoms with Crippen LogP contribution in [-0.2, 0) is 10.8 Å². The van der Waals surface area contributed by atoms with Gasteiger partial charge in [0.25, 0.3) is 0 Å². The Hall–Kier alpha value is -6.10. The standard InChI is InChI=1S/C46H38N4/c1-45(2,3)30-17-21-39-36(26-30)37-27-31(46(4,5)6)18-22-40(37)50(39)42-24-23-41-44(43(42)34-20-19-32(48-7)25-29(34)28-47)35-15-11-12-16-38(35)49(41)33-13-9-8-10-14-33/h8-27H,1-6H3. The summed E-state index contributed by atoms with van der Waals surface area (Å²) < 4.78 is 4.70. The van der Waals surface area contributed by atoms with Crippen LogP contribution in [0.2, 0.25) is 0 Å². The topological polar surface area (TPSA) is 38.0 Å². The molecule has 6 aromatic carbocycles. The summed E-state index contributed by atoms with van der Waals surface area (Å²) in [6, 6.07) is 45.2. The van der Waals surface area contributed by atoms with Crippen LogP contribution in [-0.4, -0.2) is 9.13 Å². The predicted molar refractivity (Wildman–Crippen MR) is 209 cm³/mol. The molecule has 0 bridgehead atoms. The van der Waals surface area contributed by atoms with Gasteiger partial charge in [0.2, 0.25) is 0 Å². The number of nitrogens with zero attached hydrogens (tertiary/aromatic N) is 4. The maximum atomic E-state index is 10.6. The highest BCUT2D eigenvalue weighted by Gasteiger charge is 2.26. The molecule has 0 spiro atoms. The molecule has 0 aliphatic carbocycles. The van der Waals surface area contributed by atoms with Crippen LogP contribution in [0.5, 0.6) is 0 Å². The monoisotopic (exact) mass is 646 g/mol. The summed E-state index contributed by atoms with van der Waals surface area (Å²) in [5.41, 5.74) is 11.7. The first-order valence-corrected chi connectivity index (χ1v) is 17.1. The molecule has 4 nitrogen and oxygen atoms in total. The number of para-hydroxylation sites is 2. The van der Waals surface area contributed by atoms with Gasteiger partial charge in [0.05, 0.1) is 40.4 Å². The lowest BCUT2D eigenvalue weighted by atomic mass is 9.85. The van der Waals surface area contributed by atoms with Gasteiger partial charge < -0.3 is 9.13 Å². The van der Waals surface area contributed by atoms with Gasteiger partial charge in [0.15, 0.2) is 5.69 Å². The predicted octanol–water partition coefficient (Wildman–Crippen LogP) is 12.6. The first-order valence-electron chi connectivity index (χ1n) is 17.1. The van der Waals surface area contributed by atoms with Gasteiger partial charge in [-0.15, -0.1) is 0 Å². The second-order valence-corrected chi connectivity index (χ2v) is 15.3. The summed E-state index contributed by atoms with van der Waals surface area (Å²) in [5, 5.41) is 15.2. The molecule has 4 heteroatoms. The largest absolute Gasteiger partial charge is 0.309 e. The van der Waals surface area contributed by atoms with Crippen molar-refractivity contribution in [1.29, 1.82) is 5.26 Å². The van der Waals surface area contributed by atoms with Crippen LogP contribution in [0.1, 0.15) is 58.2 Å². The summed E-state index contributed by atoms with van der Waals surface area (Å²) in [4.78, 5) is 3.67. The van der Waals surface area contributed by atoms with Gasteiger partial charge in [-0.2, -0.15) is 5.26 Å². The molecule has 0 aliphatic rings. The van der Waals surface area contributed by atoms with E-state index < -0.39 is 0 Å². The number of benzene rings is 6. The van der Waals surface area contributed by atoms with E-state index in [4.69, 9.17) is 6.57 Å². The minimum atomic E-state index is -0.0140. The molecule has 8 aromatic rings. The summed E-state index contributed by atoms with van der Waals surface area (Å²) >= 11 is 0. The van der Waals surface area contributed by atoms with Crippen molar-refractivity contribution in [3.63, 3.8) is 0 Å². The Labute approximate surface area is 293 Å². The Balaban J connectivity index is 1.59. The SMILES string of the molecule is [C-]#[N+]c1ccc(-c2c(-n3c4ccc(C(C)(C)C)cc4c4cc(C(C)(C)C)ccc43)ccc3c2c2ccccc2n3-c2ccccc2)c(C#N)c1. The fourth-order valence-electron chi connectivity index (χ4n) is 7.49. The van der Waals surface area contributed by atoms with Crippen LogP contribution in [0.25, 0.3) is 71.0 Å². The lowest BCUT2D eigenvalue weighted by molar-refractivity contribution is 0.590. The second-order valence-electron chi connectivity index (χ2n) is 15.3. The lowest BCUT2D eigenvalue weighted by Crippen LogP contribution is -2.10. The van der Waals surface area contributed by atoms with Crippen molar-refractivity contribution >= 4 is 49.3 Å². The maximum absolute atomic E-state index is 10.6. The molecule has 242 valence electrons. The summed E-state index contributed by atoms with van der Waals surface area (Å²) in [5.74, 6) is 0. The number of rotatable bonds is 3. The normalized spacial score (nSPS) is 12.2. The molecule has 0 amide bonds. The molecular weight excluding hydrogens is 609 g/mol. The Morgan fingerprint density at radius 3 is 1.76 bits per heavy atom. The first kappa shape index (κ1) is 31.2. The average molecular weight is 647 g/mol. The van der Waals surface area contributed by atoms with Crippen molar-refractivity contribution in [2.24, 2.45) is 0 Å². The molecule has 2 aromatic heterocycles. The van der Waals surface area contributed by atoms with Gasteiger partial charge in [-0.3, -0.25) is 0 Å². The molecule has 0 unspecified atom stereocenters. The maximum Gasteiger partial charge on any atom is 0.188 e. The fraction of sp³-hybridized carbons (Fsp3) is 0.174. The van der Waals surface area contributed by atoms with Crippen molar-refractivity contribution in [3.8, 4) is 28.6 Å². The van der Waals surface area contributed by atoms with Crippen LogP contribution in [0, 0.1) is 17.9 Å². The molecule has 2 heterocycles. The van der Waals surface area contributed by atoms with Crippen LogP contribution < -0.4 is 0 Å². The van der Waals surface area contributed by atoms with E-state index in [1.54, 1.807) is 6.07 Å². The van der Waals surface area contributed by atoms with Crippen molar-refractivity contribution in [2.75, 3.05) is 0 Å². The van der Waals surface area contributed by atoms with E-state index in [0.717, 1.165) is 55.3 Å². The van der Waals surface area contributed by atoms with Crippen LogP contribution in [0.3, 0.4) is 0 Å². The van der Waals surface area contributed by atoms with Crippen molar-refractivity contribution < 1.29 is 0 Å². The zero-order chi connectivity index (χ0) is 34.9. The van der Waals surface area contributed by atoms with Crippen LogP contribution in [0.15, 0.2) is 121 Å².